The second-order valence-corrected chi connectivity index (χ2v) is 4.85. The number of hydrogen-bond acceptors (Lipinski definition) is 5. The highest BCUT2D eigenvalue weighted by Gasteiger charge is 2.20. The van der Waals surface area contributed by atoms with Crippen LogP contribution in [0.5, 0.6) is 0 Å². The van der Waals surface area contributed by atoms with Crippen LogP contribution < -0.4 is 4.90 Å². The van der Waals surface area contributed by atoms with Crippen molar-refractivity contribution in [3.8, 4) is 0 Å². The van der Waals surface area contributed by atoms with Gasteiger partial charge in [0.15, 0.2) is 0 Å². The third-order valence-electron chi connectivity index (χ3n) is 3.17. The van der Waals surface area contributed by atoms with Crippen molar-refractivity contribution in [3.05, 3.63) is 11.6 Å². The summed E-state index contributed by atoms with van der Waals surface area (Å²) >= 11 is 0. The van der Waals surface area contributed by atoms with Gasteiger partial charge in [0, 0.05) is 32.2 Å². The fraction of sp³-hybridized carbons (Fsp3) is 0.750. The van der Waals surface area contributed by atoms with Gasteiger partial charge in [-0.25, -0.2) is 4.98 Å². The van der Waals surface area contributed by atoms with Gasteiger partial charge in [-0.3, -0.25) is 4.90 Å². The van der Waals surface area contributed by atoms with Gasteiger partial charge in [0.2, 0.25) is 5.95 Å². The van der Waals surface area contributed by atoms with E-state index in [2.05, 4.69) is 38.6 Å². The molecule has 0 aromatic carbocycles. The largest absolute Gasteiger partial charge is 0.338 e. The Hall–Kier alpha value is -1.23. The Bertz CT molecular complexity index is 362. The summed E-state index contributed by atoms with van der Waals surface area (Å²) in [6, 6.07) is 0.624. The summed E-state index contributed by atoms with van der Waals surface area (Å²) in [7, 11) is 0. The van der Waals surface area contributed by atoms with E-state index in [-0.39, 0.29) is 0 Å². The van der Waals surface area contributed by atoms with Crippen LogP contribution in [0.3, 0.4) is 0 Å². The van der Waals surface area contributed by atoms with Crippen molar-refractivity contribution in [2.24, 2.45) is 0 Å². The number of anilines is 1. The molecule has 2 heterocycles. The molecule has 1 aliphatic rings. The zero-order valence-electron chi connectivity index (χ0n) is 11.1. The number of aryl methyl sites for hydroxylation is 2. The standard InChI is InChI=1S/C12H21N5/c1-9(2)16-5-7-17(8-6-16)12-14-10(3)13-11(4)15-12/h9H,5-8H2,1-4H3. The minimum absolute atomic E-state index is 0.624. The normalized spacial score (nSPS) is 17.8. The molecule has 17 heavy (non-hydrogen) atoms. The summed E-state index contributed by atoms with van der Waals surface area (Å²) in [4.78, 5) is 17.8. The zero-order chi connectivity index (χ0) is 12.4. The Morgan fingerprint density at radius 2 is 1.41 bits per heavy atom. The summed E-state index contributed by atoms with van der Waals surface area (Å²) in [6.07, 6.45) is 0. The number of rotatable bonds is 2. The number of nitrogens with zero attached hydrogens (tertiary/aromatic N) is 5. The van der Waals surface area contributed by atoms with Crippen molar-refractivity contribution in [1.29, 1.82) is 0 Å². The lowest BCUT2D eigenvalue weighted by Crippen LogP contribution is -2.49. The molecular weight excluding hydrogens is 214 g/mol. The van der Waals surface area contributed by atoms with Crippen LogP contribution in [0.2, 0.25) is 0 Å². The Morgan fingerprint density at radius 3 is 1.88 bits per heavy atom. The minimum Gasteiger partial charge on any atom is -0.338 e. The summed E-state index contributed by atoms with van der Waals surface area (Å²) in [5.41, 5.74) is 0. The summed E-state index contributed by atoms with van der Waals surface area (Å²) in [6.45, 7) is 12.5. The second kappa shape index (κ2) is 4.96. The first kappa shape index (κ1) is 12.2. The van der Waals surface area contributed by atoms with Crippen molar-refractivity contribution in [1.82, 2.24) is 19.9 Å². The van der Waals surface area contributed by atoms with Crippen molar-refractivity contribution in [2.45, 2.75) is 33.7 Å². The van der Waals surface area contributed by atoms with Crippen molar-refractivity contribution >= 4 is 5.95 Å². The predicted octanol–water partition coefficient (Wildman–Crippen LogP) is 1.02. The molecule has 1 aromatic rings. The molecule has 0 atom stereocenters. The molecular formula is C12H21N5. The molecule has 1 aliphatic heterocycles. The molecule has 0 N–H and O–H groups in total. The van der Waals surface area contributed by atoms with Gasteiger partial charge in [0.25, 0.3) is 0 Å². The number of hydrogen-bond donors (Lipinski definition) is 0. The topological polar surface area (TPSA) is 45.2 Å². The van der Waals surface area contributed by atoms with Crippen LogP contribution >= 0.6 is 0 Å². The van der Waals surface area contributed by atoms with Crippen LogP contribution in [0.15, 0.2) is 0 Å². The van der Waals surface area contributed by atoms with E-state index in [9.17, 15) is 0 Å². The Kier molecular flexibility index (Phi) is 3.57. The van der Waals surface area contributed by atoms with E-state index < -0.39 is 0 Å². The lowest BCUT2D eigenvalue weighted by molar-refractivity contribution is 0.208. The van der Waals surface area contributed by atoms with Crippen LogP contribution in [-0.4, -0.2) is 52.1 Å². The lowest BCUT2D eigenvalue weighted by Gasteiger charge is -2.36. The highest BCUT2D eigenvalue weighted by molar-refractivity contribution is 5.30. The van der Waals surface area contributed by atoms with Crippen LogP contribution in [0.4, 0.5) is 5.95 Å². The molecule has 0 spiro atoms. The van der Waals surface area contributed by atoms with Gasteiger partial charge in [0.1, 0.15) is 11.6 Å². The van der Waals surface area contributed by atoms with E-state index in [4.69, 9.17) is 0 Å². The summed E-state index contributed by atoms with van der Waals surface area (Å²) < 4.78 is 0. The quantitative estimate of drug-likeness (QED) is 0.766. The third-order valence-corrected chi connectivity index (χ3v) is 3.17. The molecule has 0 aliphatic carbocycles. The van der Waals surface area contributed by atoms with Gasteiger partial charge >= 0.3 is 0 Å². The van der Waals surface area contributed by atoms with Crippen molar-refractivity contribution < 1.29 is 0 Å². The summed E-state index contributed by atoms with van der Waals surface area (Å²) in [5.74, 6) is 2.44. The fourth-order valence-corrected chi connectivity index (χ4v) is 2.18. The van der Waals surface area contributed by atoms with Crippen LogP contribution in [0.25, 0.3) is 0 Å². The van der Waals surface area contributed by atoms with Gasteiger partial charge in [-0.15, -0.1) is 0 Å². The van der Waals surface area contributed by atoms with E-state index in [0.717, 1.165) is 43.8 Å². The average molecular weight is 235 g/mol. The van der Waals surface area contributed by atoms with E-state index >= 15 is 0 Å². The maximum Gasteiger partial charge on any atom is 0.228 e. The average Bonchev–Trinajstić information content (AvgIpc) is 2.28. The molecule has 1 aromatic heterocycles. The molecule has 5 nitrogen and oxygen atoms in total. The lowest BCUT2D eigenvalue weighted by atomic mass is 10.2. The Balaban J connectivity index is 2.05. The first-order valence-corrected chi connectivity index (χ1v) is 6.24. The van der Waals surface area contributed by atoms with E-state index in [0.29, 0.717) is 6.04 Å². The maximum absolute atomic E-state index is 4.41. The van der Waals surface area contributed by atoms with Gasteiger partial charge in [-0.1, -0.05) is 0 Å². The third kappa shape index (κ3) is 2.91. The molecule has 94 valence electrons. The SMILES string of the molecule is Cc1nc(C)nc(N2CCN(C(C)C)CC2)n1. The van der Waals surface area contributed by atoms with Gasteiger partial charge in [0.05, 0.1) is 0 Å². The van der Waals surface area contributed by atoms with E-state index in [1.54, 1.807) is 0 Å². The van der Waals surface area contributed by atoms with Crippen LogP contribution in [0.1, 0.15) is 25.5 Å². The number of piperazine rings is 1. The van der Waals surface area contributed by atoms with Crippen molar-refractivity contribution in [2.75, 3.05) is 31.1 Å². The predicted molar refractivity (Wildman–Crippen MR) is 68.2 cm³/mol. The summed E-state index contributed by atoms with van der Waals surface area (Å²) in [5, 5.41) is 0. The molecule has 1 fully saturated rings. The Morgan fingerprint density at radius 1 is 0.882 bits per heavy atom. The fourth-order valence-electron chi connectivity index (χ4n) is 2.18. The van der Waals surface area contributed by atoms with Gasteiger partial charge < -0.3 is 4.90 Å². The monoisotopic (exact) mass is 235 g/mol. The molecule has 0 unspecified atom stereocenters. The molecule has 5 heteroatoms. The smallest absolute Gasteiger partial charge is 0.228 e. The molecule has 0 bridgehead atoms. The van der Waals surface area contributed by atoms with Crippen molar-refractivity contribution in [3.63, 3.8) is 0 Å². The first-order valence-electron chi connectivity index (χ1n) is 6.24. The second-order valence-electron chi connectivity index (χ2n) is 4.85. The van der Waals surface area contributed by atoms with Gasteiger partial charge in [-0.05, 0) is 27.7 Å². The maximum atomic E-state index is 4.41. The minimum atomic E-state index is 0.624. The highest BCUT2D eigenvalue weighted by Crippen LogP contribution is 2.12. The highest BCUT2D eigenvalue weighted by atomic mass is 15.3. The van der Waals surface area contributed by atoms with E-state index in [1.807, 2.05) is 13.8 Å². The van der Waals surface area contributed by atoms with E-state index in [1.165, 1.54) is 0 Å². The zero-order valence-corrected chi connectivity index (χ0v) is 11.1. The molecule has 0 saturated carbocycles. The van der Waals surface area contributed by atoms with Crippen LogP contribution in [0, 0.1) is 13.8 Å². The molecule has 0 radical (unpaired) electrons. The molecule has 1 saturated heterocycles. The first-order chi connectivity index (χ1) is 8.06. The van der Waals surface area contributed by atoms with Gasteiger partial charge in [-0.2, -0.15) is 9.97 Å². The number of aromatic nitrogens is 3. The molecule has 0 amide bonds. The Labute approximate surface area is 103 Å². The van der Waals surface area contributed by atoms with Crippen LogP contribution in [-0.2, 0) is 0 Å². The molecule has 2 rings (SSSR count).